The fraction of sp³-hybridized carbons (Fsp3) is 0.333. The standard InChI is InChI=1S/C33H33N5O5/c1-22-17-26(13-15-36-20-24(14-16-39)34-35-36)43-33(22)27-9-2-3-10-28(27)37(32(33)41)19-23-7-6-8-25(18-23)38-29-11-4-5-12-30(29)42-21-31(38)40/h2-12,18,20,22,26,39H,13-17,19,21H2,1H3/t22-,26+,33+/m0/s1. The van der Waals surface area contributed by atoms with Crippen LogP contribution >= 0.6 is 0 Å². The highest BCUT2D eigenvalue weighted by Crippen LogP contribution is 2.53. The average Bonchev–Trinajstić information content (AvgIpc) is 3.68. The lowest BCUT2D eigenvalue weighted by molar-refractivity contribution is -0.146. The van der Waals surface area contributed by atoms with Crippen LogP contribution in [0, 0.1) is 5.92 Å². The van der Waals surface area contributed by atoms with Crippen LogP contribution in [-0.4, -0.2) is 51.2 Å². The Morgan fingerprint density at radius 1 is 1.02 bits per heavy atom. The van der Waals surface area contributed by atoms with Gasteiger partial charge < -0.3 is 19.5 Å². The van der Waals surface area contributed by atoms with Crippen LogP contribution in [0.4, 0.5) is 17.1 Å². The number of ether oxygens (including phenoxy) is 2. The van der Waals surface area contributed by atoms with Gasteiger partial charge in [0.2, 0.25) is 0 Å². The lowest BCUT2D eigenvalue weighted by Crippen LogP contribution is -2.43. The highest BCUT2D eigenvalue weighted by atomic mass is 16.5. The van der Waals surface area contributed by atoms with E-state index in [4.69, 9.17) is 14.6 Å². The first-order chi connectivity index (χ1) is 21.0. The smallest absolute Gasteiger partial charge is 0.269 e. The minimum absolute atomic E-state index is 0.0225. The number of hydrogen-bond acceptors (Lipinski definition) is 7. The van der Waals surface area contributed by atoms with Crippen molar-refractivity contribution in [2.45, 2.75) is 51.0 Å². The summed E-state index contributed by atoms with van der Waals surface area (Å²) in [4.78, 5) is 30.8. The maximum Gasteiger partial charge on any atom is 0.269 e. The molecule has 3 aliphatic rings. The molecule has 4 aromatic rings. The van der Waals surface area contributed by atoms with Gasteiger partial charge in [0.05, 0.1) is 29.7 Å². The van der Waals surface area contributed by atoms with Crippen molar-refractivity contribution in [2.75, 3.05) is 23.0 Å². The number of fused-ring (bicyclic) bond motifs is 3. The summed E-state index contributed by atoms with van der Waals surface area (Å²) in [5, 5.41) is 17.4. The summed E-state index contributed by atoms with van der Waals surface area (Å²) in [5.74, 6) is 0.431. The number of benzene rings is 3. The van der Waals surface area contributed by atoms with Gasteiger partial charge in [-0.25, -0.2) is 0 Å². The molecule has 1 N–H and O–H groups in total. The second-order valence-electron chi connectivity index (χ2n) is 11.4. The van der Waals surface area contributed by atoms with Gasteiger partial charge in [0.25, 0.3) is 11.8 Å². The van der Waals surface area contributed by atoms with Crippen LogP contribution < -0.4 is 14.5 Å². The molecule has 3 aromatic carbocycles. The Morgan fingerprint density at radius 3 is 2.70 bits per heavy atom. The third-order valence-electron chi connectivity index (χ3n) is 8.67. The monoisotopic (exact) mass is 579 g/mol. The number of rotatable bonds is 8. The second-order valence-corrected chi connectivity index (χ2v) is 11.4. The highest BCUT2D eigenvalue weighted by molar-refractivity contribution is 6.07. The minimum atomic E-state index is -1.05. The summed E-state index contributed by atoms with van der Waals surface area (Å²) in [6, 6.07) is 23.1. The van der Waals surface area contributed by atoms with Crippen molar-refractivity contribution in [3.8, 4) is 5.75 Å². The van der Waals surface area contributed by atoms with Crippen molar-refractivity contribution in [3.05, 3.63) is 95.8 Å². The third-order valence-corrected chi connectivity index (χ3v) is 8.67. The number of anilines is 3. The molecule has 0 saturated carbocycles. The van der Waals surface area contributed by atoms with Gasteiger partial charge in [-0.05, 0) is 48.7 Å². The second kappa shape index (κ2) is 10.9. The largest absolute Gasteiger partial charge is 0.482 e. The van der Waals surface area contributed by atoms with Gasteiger partial charge in [0, 0.05) is 42.9 Å². The zero-order chi connectivity index (χ0) is 29.6. The van der Waals surface area contributed by atoms with Crippen LogP contribution in [0.1, 0.15) is 36.6 Å². The van der Waals surface area contributed by atoms with Crippen LogP contribution in [0.3, 0.4) is 0 Å². The molecule has 0 aliphatic carbocycles. The average molecular weight is 580 g/mol. The maximum atomic E-state index is 14.4. The quantitative estimate of drug-likeness (QED) is 0.334. The van der Waals surface area contributed by atoms with E-state index >= 15 is 0 Å². The fourth-order valence-electron chi connectivity index (χ4n) is 6.67. The molecule has 0 unspecified atom stereocenters. The fourth-order valence-corrected chi connectivity index (χ4v) is 6.67. The van der Waals surface area contributed by atoms with Crippen molar-refractivity contribution < 1.29 is 24.2 Å². The lowest BCUT2D eigenvalue weighted by atomic mass is 9.83. The van der Waals surface area contributed by atoms with Crippen molar-refractivity contribution in [2.24, 2.45) is 5.92 Å². The van der Waals surface area contributed by atoms with Crippen LogP contribution in [-0.2, 0) is 39.4 Å². The number of carbonyl (C=O) groups is 2. The molecule has 3 atom stereocenters. The van der Waals surface area contributed by atoms with E-state index in [2.05, 4.69) is 17.2 Å². The van der Waals surface area contributed by atoms with E-state index in [9.17, 15) is 9.59 Å². The molecule has 1 fully saturated rings. The SMILES string of the molecule is C[C@H]1C[C@@H](CCn2cc(CCO)nn2)O[C@]12C(=O)N(Cc1cccc(N3C(=O)COc4ccccc43)c1)c1ccccc12. The van der Waals surface area contributed by atoms with E-state index in [0.717, 1.165) is 34.6 Å². The van der Waals surface area contributed by atoms with Gasteiger partial charge in [-0.2, -0.15) is 0 Å². The number of nitrogens with zero attached hydrogens (tertiary/aromatic N) is 5. The number of aliphatic hydroxyl groups is 1. The van der Waals surface area contributed by atoms with Gasteiger partial charge in [-0.3, -0.25) is 19.2 Å². The van der Waals surface area contributed by atoms with E-state index in [1.54, 1.807) is 9.58 Å². The lowest BCUT2D eigenvalue weighted by Gasteiger charge is -2.30. The van der Waals surface area contributed by atoms with Gasteiger partial charge in [0.15, 0.2) is 12.2 Å². The molecule has 1 saturated heterocycles. The summed E-state index contributed by atoms with van der Waals surface area (Å²) in [6.45, 7) is 3.06. The molecule has 43 heavy (non-hydrogen) atoms. The molecule has 1 aromatic heterocycles. The number of carbonyl (C=O) groups excluding carboxylic acids is 2. The normalized spacial score (nSPS) is 22.7. The predicted octanol–water partition coefficient (Wildman–Crippen LogP) is 4.13. The zero-order valence-electron chi connectivity index (χ0n) is 23.9. The molecule has 2 amide bonds. The Balaban J connectivity index is 1.13. The van der Waals surface area contributed by atoms with Gasteiger partial charge in [-0.15, -0.1) is 5.10 Å². The summed E-state index contributed by atoms with van der Waals surface area (Å²) in [6.07, 6.45) is 3.65. The summed E-state index contributed by atoms with van der Waals surface area (Å²) >= 11 is 0. The number of aliphatic hydroxyl groups excluding tert-OH is 1. The number of para-hydroxylation sites is 3. The molecule has 10 heteroatoms. The number of aromatic nitrogens is 3. The first kappa shape index (κ1) is 27.3. The third kappa shape index (κ3) is 4.67. The highest BCUT2D eigenvalue weighted by Gasteiger charge is 2.59. The Labute approximate surface area is 249 Å². The molecule has 220 valence electrons. The number of hydrogen-bond donors (Lipinski definition) is 1. The Morgan fingerprint density at radius 2 is 1.84 bits per heavy atom. The summed E-state index contributed by atoms with van der Waals surface area (Å²) in [5.41, 5.74) is 3.78. The van der Waals surface area contributed by atoms with Crippen molar-refractivity contribution in [3.63, 3.8) is 0 Å². The van der Waals surface area contributed by atoms with Gasteiger partial charge in [0.1, 0.15) is 5.75 Å². The van der Waals surface area contributed by atoms with Crippen molar-refractivity contribution in [1.82, 2.24) is 15.0 Å². The molecule has 0 bridgehead atoms. The van der Waals surface area contributed by atoms with Crippen LogP contribution in [0.5, 0.6) is 5.75 Å². The Hall–Kier alpha value is -4.54. The molecule has 3 aliphatic heterocycles. The molecule has 0 radical (unpaired) electrons. The Kier molecular flexibility index (Phi) is 6.95. The van der Waals surface area contributed by atoms with Crippen LogP contribution in [0.25, 0.3) is 0 Å². The Bertz CT molecular complexity index is 1690. The summed E-state index contributed by atoms with van der Waals surface area (Å²) in [7, 11) is 0. The predicted molar refractivity (Wildman–Crippen MR) is 159 cm³/mol. The molecule has 10 nitrogen and oxygen atoms in total. The summed E-state index contributed by atoms with van der Waals surface area (Å²) < 4.78 is 14.1. The van der Waals surface area contributed by atoms with E-state index in [-0.39, 0.29) is 37.0 Å². The minimum Gasteiger partial charge on any atom is -0.482 e. The van der Waals surface area contributed by atoms with Crippen LogP contribution in [0.15, 0.2) is 79.0 Å². The van der Waals surface area contributed by atoms with E-state index in [1.165, 1.54) is 0 Å². The van der Waals surface area contributed by atoms with Crippen LogP contribution in [0.2, 0.25) is 0 Å². The zero-order valence-corrected chi connectivity index (χ0v) is 23.9. The molecule has 4 heterocycles. The molecular weight excluding hydrogens is 546 g/mol. The topological polar surface area (TPSA) is 110 Å². The molecule has 7 rings (SSSR count). The maximum absolute atomic E-state index is 14.4. The number of amides is 2. The van der Waals surface area contributed by atoms with Gasteiger partial charge in [-0.1, -0.05) is 54.6 Å². The van der Waals surface area contributed by atoms with Gasteiger partial charge >= 0.3 is 0 Å². The van der Waals surface area contributed by atoms with Crippen molar-refractivity contribution >= 4 is 28.9 Å². The first-order valence-electron chi connectivity index (χ1n) is 14.7. The first-order valence-corrected chi connectivity index (χ1v) is 14.7. The van der Waals surface area contributed by atoms with Crippen molar-refractivity contribution in [1.29, 1.82) is 0 Å². The number of aryl methyl sites for hydroxylation is 1. The van der Waals surface area contributed by atoms with E-state index < -0.39 is 5.60 Å². The van der Waals surface area contributed by atoms with E-state index in [0.29, 0.717) is 37.4 Å². The van der Waals surface area contributed by atoms with E-state index in [1.807, 2.05) is 83.9 Å². The molecule has 1 spiro atoms. The molecular formula is C33H33N5O5.